The minimum Gasteiger partial charge on any atom is -0.356 e. The Morgan fingerprint density at radius 2 is 2.00 bits per heavy atom. The lowest BCUT2D eigenvalue weighted by Gasteiger charge is -2.32. The van der Waals surface area contributed by atoms with Crippen molar-refractivity contribution in [2.75, 3.05) is 39.8 Å². The summed E-state index contributed by atoms with van der Waals surface area (Å²) in [7, 11) is 1.88. The molecule has 3 rings (SSSR count). The monoisotopic (exact) mass is 499 g/mol. The molecule has 2 aliphatic rings. The molecule has 0 saturated carbocycles. The van der Waals surface area contributed by atoms with Gasteiger partial charge in [-0.05, 0) is 50.8 Å². The number of nitrogens with zero attached hydrogens (tertiary/aromatic N) is 3. The molecule has 0 aliphatic carbocycles. The number of nitrogens with one attached hydrogen (secondary N) is 2. The van der Waals surface area contributed by atoms with Crippen molar-refractivity contribution in [3.63, 3.8) is 0 Å². The van der Waals surface area contributed by atoms with E-state index < -0.39 is 0 Å². The van der Waals surface area contributed by atoms with Crippen LogP contribution in [-0.4, -0.2) is 67.6 Å². The quantitative estimate of drug-likeness (QED) is 0.359. The number of rotatable bonds is 6. The molecule has 0 aromatic heterocycles. The maximum absolute atomic E-state index is 4.47. The van der Waals surface area contributed by atoms with Gasteiger partial charge < -0.3 is 15.5 Å². The Bertz CT molecular complexity index is 594. The van der Waals surface area contributed by atoms with Gasteiger partial charge in [-0.15, -0.1) is 24.0 Å². The zero-order chi connectivity index (χ0) is 19.1. The van der Waals surface area contributed by atoms with Crippen LogP contribution in [0.15, 0.2) is 35.3 Å². The maximum atomic E-state index is 4.47. The highest BCUT2D eigenvalue weighted by molar-refractivity contribution is 14.0. The van der Waals surface area contributed by atoms with Crippen LogP contribution in [0.5, 0.6) is 0 Å². The summed E-state index contributed by atoms with van der Waals surface area (Å²) in [4.78, 5) is 9.60. The fourth-order valence-electron chi connectivity index (χ4n) is 4.48. The van der Waals surface area contributed by atoms with Crippen molar-refractivity contribution >= 4 is 29.9 Å². The normalized spacial score (nSPS) is 26.7. The molecule has 0 spiro atoms. The molecule has 28 heavy (non-hydrogen) atoms. The molecule has 0 amide bonds. The summed E-state index contributed by atoms with van der Waals surface area (Å²) in [5, 5.41) is 7.24. The van der Waals surface area contributed by atoms with Crippen molar-refractivity contribution in [1.82, 2.24) is 20.4 Å². The Kier molecular flexibility index (Phi) is 10.0. The van der Waals surface area contributed by atoms with E-state index in [0.29, 0.717) is 12.1 Å². The van der Waals surface area contributed by atoms with Gasteiger partial charge in [-0.2, -0.15) is 0 Å². The van der Waals surface area contributed by atoms with Crippen LogP contribution in [0.2, 0.25) is 0 Å². The first-order valence-electron chi connectivity index (χ1n) is 10.7. The standard InChI is InChI=1S/C22H37N5.HI/c1-4-26-12-8-11-20(15-26)14-24-22(23-3)25-21-13-18(2)27(17-21)16-19-9-6-5-7-10-19;/h5-7,9-10,18,20-21H,4,8,11-17H2,1-3H3,(H2,23,24,25);1H. The van der Waals surface area contributed by atoms with Crippen molar-refractivity contribution in [3.05, 3.63) is 35.9 Å². The van der Waals surface area contributed by atoms with E-state index in [4.69, 9.17) is 0 Å². The van der Waals surface area contributed by atoms with Crippen LogP contribution in [-0.2, 0) is 6.54 Å². The van der Waals surface area contributed by atoms with Gasteiger partial charge in [-0.3, -0.25) is 9.89 Å². The molecule has 6 heteroatoms. The minimum atomic E-state index is 0. The number of likely N-dealkylation sites (tertiary alicyclic amines) is 2. The first kappa shape index (κ1) is 23.4. The van der Waals surface area contributed by atoms with E-state index in [1.807, 2.05) is 7.05 Å². The second-order valence-corrected chi connectivity index (χ2v) is 8.20. The van der Waals surface area contributed by atoms with Crippen molar-refractivity contribution in [2.24, 2.45) is 10.9 Å². The Hall–Kier alpha value is -0.860. The highest BCUT2D eigenvalue weighted by Crippen LogP contribution is 2.20. The molecule has 3 atom stereocenters. The predicted octanol–water partition coefficient (Wildman–Crippen LogP) is 3.16. The number of halogens is 1. The van der Waals surface area contributed by atoms with Gasteiger partial charge in [0.15, 0.2) is 5.96 Å². The summed E-state index contributed by atoms with van der Waals surface area (Å²) >= 11 is 0. The van der Waals surface area contributed by atoms with Crippen LogP contribution in [0.4, 0.5) is 0 Å². The smallest absolute Gasteiger partial charge is 0.191 e. The zero-order valence-corrected chi connectivity index (χ0v) is 20.1. The minimum absolute atomic E-state index is 0. The lowest BCUT2D eigenvalue weighted by atomic mass is 9.98. The van der Waals surface area contributed by atoms with Crippen LogP contribution in [0.1, 0.15) is 38.7 Å². The molecule has 0 radical (unpaired) electrons. The van der Waals surface area contributed by atoms with Crippen LogP contribution < -0.4 is 10.6 Å². The predicted molar refractivity (Wildman–Crippen MR) is 129 cm³/mol. The summed E-state index contributed by atoms with van der Waals surface area (Å²) in [6.45, 7) is 11.4. The molecule has 1 aromatic carbocycles. The zero-order valence-electron chi connectivity index (χ0n) is 17.7. The van der Waals surface area contributed by atoms with E-state index in [1.54, 1.807) is 0 Å². The van der Waals surface area contributed by atoms with Gasteiger partial charge in [0.1, 0.15) is 0 Å². The molecular formula is C22H38IN5. The average molecular weight is 499 g/mol. The van der Waals surface area contributed by atoms with E-state index in [0.717, 1.165) is 31.5 Å². The van der Waals surface area contributed by atoms with Gasteiger partial charge in [-0.25, -0.2) is 0 Å². The van der Waals surface area contributed by atoms with E-state index in [-0.39, 0.29) is 24.0 Å². The summed E-state index contributed by atoms with van der Waals surface area (Å²) in [6.07, 6.45) is 3.81. The third-order valence-corrected chi connectivity index (χ3v) is 6.11. The lowest BCUT2D eigenvalue weighted by Crippen LogP contribution is -2.47. The fraction of sp³-hybridized carbons (Fsp3) is 0.682. The highest BCUT2D eigenvalue weighted by Gasteiger charge is 2.29. The molecule has 2 N–H and O–H groups in total. The fourth-order valence-corrected chi connectivity index (χ4v) is 4.48. The summed E-state index contributed by atoms with van der Waals surface area (Å²) in [6, 6.07) is 11.8. The number of piperidine rings is 1. The third-order valence-electron chi connectivity index (χ3n) is 6.11. The third kappa shape index (κ3) is 6.88. The Morgan fingerprint density at radius 3 is 2.71 bits per heavy atom. The molecule has 3 unspecified atom stereocenters. The topological polar surface area (TPSA) is 42.9 Å². The molecular weight excluding hydrogens is 461 g/mol. The molecule has 2 heterocycles. The van der Waals surface area contributed by atoms with Gasteiger partial charge in [0.2, 0.25) is 0 Å². The molecule has 158 valence electrons. The van der Waals surface area contributed by atoms with Gasteiger partial charge in [0, 0.05) is 45.3 Å². The summed E-state index contributed by atoms with van der Waals surface area (Å²) in [5.41, 5.74) is 1.39. The number of benzene rings is 1. The average Bonchev–Trinajstić information content (AvgIpc) is 3.05. The van der Waals surface area contributed by atoms with Crippen LogP contribution >= 0.6 is 24.0 Å². The molecule has 2 saturated heterocycles. The van der Waals surface area contributed by atoms with Gasteiger partial charge >= 0.3 is 0 Å². The molecule has 2 fully saturated rings. The Labute approximate surface area is 188 Å². The van der Waals surface area contributed by atoms with Gasteiger partial charge in [-0.1, -0.05) is 37.3 Å². The van der Waals surface area contributed by atoms with E-state index in [1.165, 1.54) is 44.5 Å². The van der Waals surface area contributed by atoms with E-state index in [2.05, 4.69) is 69.6 Å². The number of hydrogen-bond acceptors (Lipinski definition) is 3. The molecule has 1 aromatic rings. The largest absolute Gasteiger partial charge is 0.356 e. The molecule has 5 nitrogen and oxygen atoms in total. The van der Waals surface area contributed by atoms with Crippen molar-refractivity contribution < 1.29 is 0 Å². The van der Waals surface area contributed by atoms with E-state index in [9.17, 15) is 0 Å². The molecule has 0 bridgehead atoms. The number of hydrogen-bond donors (Lipinski definition) is 2. The molecule has 2 aliphatic heterocycles. The second kappa shape index (κ2) is 12.0. The van der Waals surface area contributed by atoms with Crippen molar-refractivity contribution in [3.8, 4) is 0 Å². The lowest BCUT2D eigenvalue weighted by molar-refractivity contribution is 0.183. The second-order valence-electron chi connectivity index (χ2n) is 8.20. The SMILES string of the molecule is CCN1CCCC(CNC(=NC)NC2CC(C)N(Cc3ccccc3)C2)C1.I. The van der Waals surface area contributed by atoms with E-state index >= 15 is 0 Å². The first-order chi connectivity index (χ1) is 13.2. The van der Waals surface area contributed by atoms with Crippen LogP contribution in [0, 0.1) is 5.92 Å². The Balaban J connectivity index is 0.00000280. The van der Waals surface area contributed by atoms with Crippen molar-refractivity contribution in [2.45, 2.75) is 51.7 Å². The van der Waals surface area contributed by atoms with Crippen LogP contribution in [0.3, 0.4) is 0 Å². The van der Waals surface area contributed by atoms with Crippen LogP contribution in [0.25, 0.3) is 0 Å². The highest BCUT2D eigenvalue weighted by atomic mass is 127. The van der Waals surface area contributed by atoms with Gasteiger partial charge in [0.25, 0.3) is 0 Å². The number of aliphatic imine (C=N–C) groups is 1. The summed E-state index contributed by atoms with van der Waals surface area (Å²) in [5.74, 6) is 1.69. The maximum Gasteiger partial charge on any atom is 0.191 e. The summed E-state index contributed by atoms with van der Waals surface area (Å²) < 4.78 is 0. The number of guanidine groups is 1. The van der Waals surface area contributed by atoms with Gasteiger partial charge in [0.05, 0.1) is 0 Å². The first-order valence-corrected chi connectivity index (χ1v) is 10.7. The van der Waals surface area contributed by atoms with Crippen molar-refractivity contribution in [1.29, 1.82) is 0 Å². The Morgan fingerprint density at radius 1 is 1.21 bits per heavy atom.